The highest BCUT2D eigenvalue weighted by atomic mass is 79.9. The lowest BCUT2D eigenvalue weighted by Crippen LogP contribution is -2.21. The van der Waals surface area contributed by atoms with Crippen molar-refractivity contribution in [3.05, 3.63) is 0 Å². The molecule has 0 bridgehead atoms. The fourth-order valence-electron chi connectivity index (χ4n) is 1.06. The van der Waals surface area contributed by atoms with E-state index in [0.29, 0.717) is 0 Å². The van der Waals surface area contributed by atoms with Gasteiger partial charge in [-0.1, -0.05) is 36.7 Å². The summed E-state index contributed by atoms with van der Waals surface area (Å²) >= 11 is 3.07. The molecule has 1 atom stereocenters. The summed E-state index contributed by atoms with van der Waals surface area (Å²) in [6, 6.07) is 0. The third-order valence-electron chi connectivity index (χ3n) is 2.21. The van der Waals surface area contributed by atoms with Crippen LogP contribution in [0.2, 0.25) is 0 Å². The zero-order chi connectivity index (χ0) is 13.1. The van der Waals surface area contributed by atoms with Crippen LogP contribution in [0.5, 0.6) is 0 Å². The number of hydrogen-bond acceptors (Lipinski definition) is 3. The predicted molar refractivity (Wildman–Crippen MR) is 72.2 cm³/mol. The van der Waals surface area contributed by atoms with Crippen molar-refractivity contribution in [1.29, 1.82) is 0 Å². The summed E-state index contributed by atoms with van der Waals surface area (Å²) in [7, 11) is 0. The molecule has 0 amide bonds. The first kappa shape index (κ1) is 18.2. The van der Waals surface area contributed by atoms with Crippen molar-refractivity contribution in [1.82, 2.24) is 4.90 Å². The van der Waals surface area contributed by atoms with Gasteiger partial charge in [-0.25, -0.2) is 0 Å². The molecule has 0 fully saturated rings. The van der Waals surface area contributed by atoms with E-state index >= 15 is 0 Å². The highest BCUT2D eigenvalue weighted by Gasteiger charge is 2.09. The van der Waals surface area contributed by atoms with Crippen molar-refractivity contribution in [2.24, 2.45) is 0 Å². The first-order valence-electron chi connectivity index (χ1n) is 5.77. The van der Waals surface area contributed by atoms with Crippen LogP contribution < -0.4 is 0 Å². The number of ketones is 2. The molecule has 0 N–H and O–H groups in total. The standard InChI is InChI=1S/C6H9BrO2.C6H15N/c1-4(8)3-6(9)5(2)7;1-4-7(5-2)6-3/h5H,3H2,1-2H3;4-6H2,1-3H3. The Morgan fingerprint density at radius 1 is 1.12 bits per heavy atom. The summed E-state index contributed by atoms with van der Waals surface area (Å²) < 4.78 is 0. The van der Waals surface area contributed by atoms with Gasteiger partial charge in [0.2, 0.25) is 0 Å². The molecule has 0 aromatic heterocycles. The molecule has 16 heavy (non-hydrogen) atoms. The fraction of sp³-hybridized carbons (Fsp3) is 0.833. The predicted octanol–water partition coefficient (Wildman–Crippen LogP) is 2.67. The number of Topliss-reactive ketones (excluding diaryl/α,β-unsaturated/α-hetero) is 2. The Balaban J connectivity index is 0. The van der Waals surface area contributed by atoms with Crippen LogP contribution in [0.4, 0.5) is 0 Å². The van der Waals surface area contributed by atoms with Gasteiger partial charge in [0.25, 0.3) is 0 Å². The van der Waals surface area contributed by atoms with Crippen molar-refractivity contribution in [3.8, 4) is 0 Å². The third-order valence-corrected chi connectivity index (χ3v) is 2.72. The number of rotatable bonds is 6. The van der Waals surface area contributed by atoms with E-state index in [1.54, 1.807) is 6.92 Å². The van der Waals surface area contributed by atoms with Gasteiger partial charge < -0.3 is 4.90 Å². The molecule has 0 saturated heterocycles. The van der Waals surface area contributed by atoms with E-state index in [2.05, 4.69) is 41.6 Å². The summed E-state index contributed by atoms with van der Waals surface area (Å²) in [6.07, 6.45) is 0.0480. The quantitative estimate of drug-likeness (QED) is 0.558. The maximum Gasteiger partial charge on any atom is 0.153 e. The Labute approximate surface area is 108 Å². The van der Waals surface area contributed by atoms with E-state index in [-0.39, 0.29) is 22.8 Å². The largest absolute Gasteiger partial charge is 0.304 e. The van der Waals surface area contributed by atoms with E-state index in [0.717, 1.165) is 0 Å². The third kappa shape index (κ3) is 11.9. The smallest absolute Gasteiger partial charge is 0.153 e. The lowest BCUT2D eigenvalue weighted by atomic mass is 10.2. The molecule has 0 aliphatic carbocycles. The molecule has 0 aromatic carbocycles. The average molecular weight is 294 g/mol. The molecular weight excluding hydrogens is 270 g/mol. The number of nitrogens with zero attached hydrogens (tertiary/aromatic N) is 1. The molecule has 3 nitrogen and oxygen atoms in total. The van der Waals surface area contributed by atoms with Crippen molar-refractivity contribution >= 4 is 27.5 Å². The maximum absolute atomic E-state index is 10.7. The molecule has 4 heteroatoms. The normalized spacial score (nSPS) is 11.7. The minimum atomic E-state index is -0.193. The van der Waals surface area contributed by atoms with E-state index in [1.165, 1.54) is 26.6 Å². The van der Waals surface area contributed by atoms with Crippen LogP contribution in [-0.2, 0) is 9.59 Å². The molecular formula is C12H24BrNO2. The maximum atomic E-state index is 10.7. The van der Waals surface area contributed by atoms with Gasteiger partial charge in [-0.3, -0.25) is 9.59 Å². The van der Waals surface area contributed by atoms with Gasteiger partial charge in [-0.2, -0.15) is 0 Å². The Hall–Kier alpha value is -0.220. The van der Waals surface area contributed by atoms with E-state index < -0.39 is 0 Å². The van der Waals surface area contributed by atoms with Crippen LogP contribution in [0.3, 0.4) is 0 Å². The summed E-state index contributed by atoms with van der Waals surface area (Å²) in [5, 5.41) is 0. The lowest BCUT2D eigenvalue weighted by molar-refractivity contribution is -0.125. The lowest BCUT2D eigenvalue weighted by Gasteiger charge is -2.13. The molecule has 0 radical (unpaired) electrons. The first-order chi connectivity index (χ1) is 7.38. The minimum Gasteiger partial charge on any atom is -0.304 e. The molecule has 0 rings (SSSR count). The number of carbonyl (C=O) groups is 2. The van der Waals surface area contributed by atoms with Gasteiger partial charge in [0, 0.05) is 0 Å². The number of alkyl halides is 1. The van der Waals surface area contributed by atoms with Crippen LogP contribution in [-0.4, -0.2) is 40.9 Å². The van der Waals surface area contributed by atoms with E-state index in [9.17, 15) is 9.59 Å². The Bertz CT molecular complexity index is 196. The highest BCUT2D eigenvalue weighted by molar-refractivity contribution is 9.10. The number of halogens is 1. The van der Waals surface area contributed by atoms with Crippen LogP contribution >= 0.6 is 15.9 Å². The molecule has 0 saturated carbocycles. The van der Waals surface area contributed by atoms with Crippen LogP contribution in [0.1, 0.15) is 41.0 Å². The van der Waals surface area contributed by atoms with Crippen LogP contribution in [0.25, 0.3) is 0 Å². The summed E-state index contributed by atoms with van der Waals surface area (Å²) in [4.78, 5) is 23.2. The molecule has 1 unspecified atom stereocenters. The van der Waals surface area contributed by atoms with Gasteiger partial charge >= 0.3 is 0 Å². The first-order valence-corrected chi connectivity index (χ1v) is 6.69. The van der Waals surface area contributed by atoms with Gasteiger partial charge in [0.05, 0.1) is 11.2 Å². The Morgan fingerprint density at radius 2 is 1.50 bits per heavy atom. The van der Waals surface area contributed by atoms with Crippen LogP contribution in [0.15, 0.2) is 0 Å². The average Bonchev–Trinajstić information content (AvgIpc) is 2.20. The summed E-state index contributed by atoms with van der Waals surface area (Å²) in [5.41, 5.74) is 0. The second-order valence-electron chi connectivity index (χ2n) is 3.58. The summed E-state index contributed by atoms with van der Waals surface area (Å²) in [6.45, 7) is 13.2. The van der Waals surface area contributed by atoms with E-state index in [4.69, 9.17) is 0 Å². The molecule has 96 valence electrons. The van der Waals surface area contributed by atoms with Crippen molar-refractivity contribution in [3.63, 3.8) is 0 Å². The van der Waals surface area contributed by atoms with Crippen molar-refractivity contribution < 1.29 is 9.59 Å². The number of carbonyl (C=O) groups excluding carboxylic acids is 2. The van der Waals surface area contributed by atoms with Gasteiger partial charge in [0.1, 0.15) is 5.78 Å². The molecule has 0 spiro atoms. The molecule has 0 aliphatic rings. The monoisotopic (exact) mass is 293 g/mol. The van der Waals surface area contributed by atoms with Crippen molar-refractivity contribution in [2.45, 2.75) is 45.9 Å². The second-order valence-corrected chi connectivity index (χ2v) is 4.95. The van der Waals surface area contributed by atoms with Gasteiger partial charge in [-0.15, -0.1) is 0 Å². The summed E-state index contributed by atoms with van der Waals surface area (Å²) in [5.74, 6) is -0.131. The molecule has 0 heterocycles. The van der Waals surface area contributed by atoms with Crippen LogP contribution in [0, 0.1) is 0 Å². The molecule has 0 aliphatic heterocycles. The Kier molecular flexibility index (Phi) is 12.8. The zero-order valence-electron chi connectivity index (χ0n) is 11.0. The number of hydrogen-bond donors (Lipinski definition) is 0. The van der Waals surface area contributed by atoms with Gasteiger partial charge in [-0.05, 0) is 33.5 Å². The van der Waals surface area contributed by atoms with Gasteiger partial charge in [0.15, 0.2) is 5.78 Å². The highest BCUT2D eigenvalue weighted by Crippen LogP contribution is 2.01. The minimum absolute atomic E-state index is 0.0480. The molecule has 0 aromatic rings. The SMILES string of the molecule is CC(=O)CC(=O)C(C)Br.CCN(CC)CC. The topological polar surface area (TPSA) is 37.4 Å². The second kappa shape index (κ2) is 11.3. The fourth-order valence-corrected chi connectivity index (χ4v) is 1.22. The zero-order valence-corrected chi connectivity index (χ0v) is 12.6. The van der Waals surface area contributed by atoms with E-state index in [1.807, 2.05) is 0 Å². The van der Waals surface area contributed by atoms with Crippen molar-refractivity contribution in [2.75, 3.05) is 19.6 Å². The Morgan fingerprint density at radius 3 is 1.56 bits per heavy atom.